The first-order valence-corrected chi connectivity index (χ1v) is 12.5. The zero-order valence-corrected chi connectivity index (χ0v) is 20.2. The minimum Gasteiger partial charge on any atom is -0.480 e. The van der Waals surface area contributed by atoms with E-state index in [-0.39, 0.29) is 30.1 Å². The number of rotatable bonds is 9. The molecule has 1 saturated carbocycles. The van der Waals surface area contributed by atoms with Crippen molar-refractivity contribution in [1.29, 1.82) is 0 Å². The number of carbonyl (C=O) groups excluding carboxylic acids is 2. The Hall–Kier alpha value is -3.42. The molecule has 0 bridgehead atoms. The number of carboxylic acids is 1. The maximum absolute atomic E-state index is 12.9. The molecule has 2 fully saturated rings. The molecule has 2 N–H and O–H groups in total. The van der Waals surface area contributed by atoms with Crippen LogP contribution < -0.4 is 10.2 Å². The minimum atomic E-state index is -1.00. The Morgan fingerprint density at radius 3 is 2.54 bits per heavy atom. The Labute approximate surface area is 206 Å². The summed E-state index contributed by atoms with van der Waals surface area (Å²) in [6.45, 7) is 1.29. The van der Waals surface area contributed by atoms with Gasteiger partial charge in [-0.3, -0.25) is 9.59 Å². The number of pyridine rings is 1. The van der Waals surface area contributed by atoms with Crippen LogP contribution in [0.5, 0.6) is 0 Å². The van der Waals surface area contributed by atoms with Crippen LogP contribution in [0.25, 0.3) is 0 Å². The van der Waals surface area contributed by atoms with Gasteiger partial charge in [-0.15, -0.1) is 0 Å². The highest BCUT2D eigenvalue weighted by atomic mass is 16.4. The first-order valence-electron chi connectivity index (χ1n) is 12.5. The zero-order valence-electron chi connectivity index (χ0n) is 20.2. The van der Waals surface area contributed by atoms with Crippen molar-refractivity contribution in [3.05, 3.63) is 54.2 Å². The molecule has 0 radical (unpaired) electrons. The number of nitrogens with zero attached hydrogens (tertiary/aromatic N) is 3. The second-order valence-electron chi connectivity index (χ2n) is 9.68. The molecule has 1 aliphatic heterocycles. The molecule has 2 aliphatic rings. The lowest BCUT2D eigenvalue weighted by Crippen LogP contribution is -2.46. The first kappa shape index (κ1) is 24.7. The highest BCUT2D eigenvalue weighted by molar-refractivity contribution is 5.95. The van der Waals surface area contributed by atoms with E-state index in [9.17, 15) is 19.5 Å². The molecule has 1 saturated heterocycles. The monoisotopic (exact) mass is 478 g/mol. The molecule has 8 nitrogen and oxygen atoms in total. The molecule has 8 heteroatoms. The number of nitrogens with one attached hydrogen (secondary N) is 1. The number of likely N-dealkylation sites (N-methyl/N-ethyl adjacent to an activating group) is 1. The van der Waals surface area contributed by atoms with Crippen LogP contribution in [0.3, 0.4) is 0 Å². The summed E-state index contributed by atoms with van der Waals surface area (Å²) in [5, 5.41) is 13.1. The van der Waals surface area contributed by atoms with E-state index in [1.807, 2.05) is 42.5 Å². The van der Waals surface area contributed by atoms with Gasteiger partial charge < -0.3 is 20.2 Å². The van der Waals surface area contributed by atoms with E-state index in [1.165, 1.54) is 4.90 Å². The van der Waals surface area contributed by atoms with Gasteiger partial charge in [0.1, 0.15) is 11.9 Å². The Kier molecular flexibility index (Phi) is 8.00. The number of anilines is 2. The lowest BCUT2D eigenvalue weighted by atomic mass is 9.88. The molecule has 4 rings (SSSR count). The molecule has 1 aromatic heterocycles. The third kappa shape index (κ3) is 6.18. The van der Waals surface area contributed by atoms with Gasteiger partial charge in [0.2, 0.25) is 11.8 Å². The number of amides is 2. The van der Waals surface area contributed by atoms with Crippen molar-refractivity contribution in [3.8, 4) is 0 Å². The van der Waals surface area contributed by atoms with Gasteiger partial charge in [-0.25, -0.2) is 9.78 Å². The number of hydrogen-bond donors (Lipinski definition) is 2. The van der Waals surface area contributed by atoms with Crippen molar-refractivity contribution in [2.24, 2.45) is 11.8 Å². The number of carbonyl (C=O) groups is 3. The van der Waals surface area contributed by atoms with Gasteiger partial charge in [0.15, 0.2) is 0 Å². The average Bonchev–Trinajstić information content (AvgIpc) is 3.27. The summed E-state index contributed by atoms with van der Waals surface area (Å²) in [6, 6.07) is 12.2. The third-order valence-corrected chi connectivity index (χ3v) is 7.17. The number of carboxylic acid groups (broad SMARTS) is 1. The summed E-state index contributed by atoms with van der Waals surface area (Å²) in [5.74, 6) is -0.0887. The lowest BCUT2D eigenvalue weighted by Gasteiger charge is -2.30. The second-order valence-corrected chi connectivity index (χ2v) is 9.68. The summed E-state index contributed by atoms with van der Waals surface area (Å²) in [7, 11) is 1.60. The van der Waals surface area contributed by atoms with Gasteiger partial charge in [0.05, 0.1) is 0 Å². The highest BCUT2D eigenvalue weighted by Crippen LogP contribution is 2.28. The molecular weight excluding hydrogens is 444 g/mol. The van der Waals surface area contributed by atoms with Gasteiger partial charge in [0, 0.05) is 56.7 Å². The smallest absolute Gasteiger partial charge is 0.326 e. The predicted molar refractivity (Wildman–Crippen MR) is 134 cm³/mol. The minimum absolute atomic E-state index is 0.0678. The van der Waals surface area contributed by atoms with Crippen LogP contribution in [0.2, 0.25) is 0 Å². The topological polar surface area (TPSA) is 103 Å². The van der Waals surface area contributed by atoms with E-state index in [4.69, 9.17) is 0 Å². The summed E-state index contributed by atoms with van der Waals surface area (Å²) in [5.41, 5.74) is 1.63. The maximum atomic E-state index is 12.9. The van der Waals surface area contributed by atoms with Gasteiger partial charge in [0.25, 0.3) is 0 Å². The van der Waals surface area contributed by atoms with Crippen LogP contribution >= 0.6 is 0 Å². The van der Waals surface area contributed by atoms with E-state index in [2.05, 4.69) is 10.3 Å². The molecule has 35 heavy (non-hydrogen) atoms. The van der Waals surface area contributed by atoms with Crippen molar-refractivity contribution in [2.75, 3.05) is 30.4 Å². The van der Waals surface area contributed by atoms with Crippen LogP contribution in [-0.2, 0) is 20.8 Å². The first-order chi connectivity index (χ1) is 16.9. The highest BCUT2D eigenvalue weighted by Gasteiger charge is 2.33. The van der Waals surface area contributed by atoms with E-state index < -0.39 is 12.0 Å². The Morgan fingerprint density at radius 1 is 1.14 bits per heavy atom. The Morgan fingerprint density at radius 2 is 1.89 bits per heavy atom. The second kappa shape index (κ2) is 11.3. The van der Waals surface area contributed by atoms with Crippen molar-refractivity contribution in [2.45, 2.75) is 51.0 Å². The van der Waals surface area contributed by atoms with Gasteiger partial charge >= 0.3 is 5.97 Å². The standard InChI is InChI=1S/C27H34N4O4/c1-30(26(33)21-7-3-2-4-8-21)23(27(34)35)15-19-10-12-22(13-11-19)31-18-20(16-25(31)32)17-29-24-9-5-6-14-28-24/h5-6,9-14,20-21,23H,2-4,7-8,15-18H2,1H3,(H,28,29)(H,34,35). The fraction of sp³-hybridized carbons (Fsp3) is 0.481. The van der Waals surface area contributed by atoms with Gasteiger partial charge in [-0.1, -0.05) is 37.5 Å². The summed E-state index contributed by atoms with van der Waals surface area (Å²) < 4.78 is 0. The Balaban J connectivity index is 1.35. The van der Waals surface area contributed by atoms with Crippen molar-refractivity contribution < 1.29 is 19.5 Å². The van der Waals surface area contributed by atoms with Gasteiger partial charge in [-0.2, -0.15) is 0 Å². The fourth-order valence-corrected chi connectivity index (χ4v) is 5.10. The molecule has 0 spiro atoms. The van der Waals surface area contributed by atoms with Crippen molar-refractivity contribution >= 4 is 29.3 Å². The lowest BCUT2D eigenvalue weighted by molar-refractivity contribution is -0.151. The summed E-state index contributed by atoms with van der Waals surface area (Å²) >= 11 is 0. The average molecular weight is 479 g/mol. The zero-order chi connectivity index (χ0) is 24.8. The predicted octanol–water partition coefficient (Wildman–Crippen LogP) is 3.58. The number of aromatic nitrogens is 1. The number of benzene rings is 1. The third-order valence-electron chi connectivity index (χ3n) is 7.17. The normalized spacial score (nSPS) is 19.4. The molecule has 2 unspecified atom stereocenters. The Bertz CT molecular complexity index is 1020. The van der Waals surface area contributed by atoms with Crippen molar-refractivity contribution in [1.82, 2.24) is 9.88 Å². The number of aliphatic carboxylic acids is 1. The van der Waals surface area contributed by atoms with E-state index >= 15 is 0 Å². The molecule has 186 valence electrons. The summed E-state index contributed by atoms with van der Waals surface area (Å²) in [4.78, 5) is 44.9. The van der Waals surface area contributed by atoms with E-state index in [0.29, 0.717) is 19.5 Å². The van der Waals surface area contributed by atoms with E-state index in [1.54, 1.807) is 18.1 Å². The molecule has 2 heterocycles. The molecule has 1 aromatic carbocycles. The van der Waals surface area contributed by atoms with Crippen molar-refractivity contribution in [3.63, 3.8) is 0 Å². The van der Waals surface area contributed by atoms with Crippen LogP contribution in [0.4, 0.5) is 11.5 Å². The molecule has 2 amide bonds. The van der Waals surface area contributed by atoms with E-state index in [0.717, 1.165) is 49.2 Å². The largest absolute Gasteiger partial charge is 0.480 e. The molecular formula is C27H34N4O4. The fourth-order valence-electron chi connectivity index (χ4n) is 5.10. The van der Waals surface area contributed by atoms with Crippen LogP contribution in [0.15, 0.2) is 48.7 Å². The number of hydrogen-bond acceptors (Lipinski definition) is 5. The molecule has 2 aromatic rings. The SMILES string of the molecule is CN(C(=O)C1CCCCC1)C(Cc1ccc(N2CC(CNc3ccccn3)CC2=O)cc1)C(=O)O. The van der Waals surface area contributed by atoms with Crippen LogP contribution in [0, 0.1) is 11.8 Å². The molecule has 2 atom stereocenters. The van der Waals surface area contributed by atoms with Crippen LogP contribution in [-0.4, -0.2) is 59.0 Å². The summed E-state index contributed by atoms with van der Waals surface area (Å²) in [6.07, 6.45) is 7.31. The maximum Gasteiger partial charge on any atom is 0.326 e. The van der Waals surface area contributed by atoms with Gasteiger partial charge in [-0.05, 0) is 42.7 Å². The molecule has 1 aliphatic carbocycles. The van der Waals surface area contributed by atoms with Crippen LogP contribution in [0.1, 0.15) is 44.1 Å². The quantitative estimate of drug-likeness (QED) is 0.571.